The Morgan fingerprint density at radius 3 is 2.70 bits per heavy atom. The number of aliphatic imine (C=N–C) groups is 1. The fourth-order valence-corrected chi connectivity index (χ4v) is 2.31. The second-order valence-corrected chi connectivity index (χ2v) is 6.14. The lowest BCUT2D eigenvalue weighted by Crippen LogP contribution is -2.37. The number of aryl methyl sites for hydroxylation is 1. The van der Waals surface area contributed by atoms with Crippen LogP contribution in [0.1, 0.15) is 43.5 Å². The molecule has 1 aromatic carbocycles. The number of aromatic nitrogens is 2. The van der Waals surface area contributed by atoms with Gasteiger partial charge in [0.05, 0.1) is 0 Å². The average molecular weight is 381 g/mol. The predicted molar refractivity (Wildman–Crippen MR) is 98.0 cm³/mol. The Labute approximate surface area is 157 Å². The molecule has 2 rings (SSSR count). The number of rotatable bonds is 9. The van der Waals surface area contributed by atoms with Crippen LogP contribution in [0.15, 0.2) is 33.8 Å². The van der Waals surface area contributed by atoms with Crippen LogP contribution >= 0.6 is 0 Å². The summed E-state index contributed by atoms with van der Waals surface area (Å²) in [6.07, 6.45) is 1.44. The maximum absolute atomic E-state index is 12.5. The summed E-state index contributed by atoms with van der Waals surface area (Å²) in [7, 11) is 1.64. The van der Waals surface area contributed by atoms with Gasteiger partial charge < -0.3 is 19.9 Å². The van der Waals surface area contributed by atoms with Crippen LogP contribution in [0.5, 0.6) is 5.75 Å². The summed E-state index contributed by atoms with van der Waals surface area (Å²) in [5.41, 5.74) is 0.618. The van der Waals surface area contributed by atoms with E-state index in [2.05, 4.69) is 30.5 Å². The number of nitrogens with one attached hydrogen (secondary N) is 2. The van der Waals surface area contributed by atoms with Gasteiger partial charge >= 0.3 is 6.61 Å². The maximum atomic E-state index is 12.5. The molecule has 0 atom stereocenters. The third-order valence-electron chi connectivity index (χ3n) is 3.72. The lowest BCUT2D eigenvalue weighted by molar-refractivity contribution is -0.0504. The highest BCUT2D eigenvalue weighted by Gasteiger charge is 2.10. The zero-order valence-corrected chi connectivity index (χ0v) is 15.7. The van der Waals surface area contributed by atoms with E-state index in [1.54, 1.807) is 25.2 Å². The number of nitrogens with zero attached hydrogens (tertiary/aromatic N) is 3. The summed E-state index contributed by atoms with van der Waals surface area (Å²) in [6, 6.07) is 6.65. The van der Waals surface area contributed by atoms with E-state index in [-0.39, 0.29) is 11.7 Å². The van der Waals surface area contributed by atoms with E-state index in [4.69, 9.17) is 4.52 Å². The van der Waals surface area contributed by atoms with E-state index >= 15 is 0 Å². The van der Waals surface area contributed by atoms with Crippen molar-refractivity contribution >= 4 is 5.96 Å². The Balaban J connectivity index is 1.76. The third-order valence-corrected chi connectivity index (χ3v) is 3.72. The smallest absolute Gasteiger partial charge is 0.387 e. The highest BCUT2D eigenvalue weighted by atomic mass is 19.3. The molecule has 7 nitrogen and oxygen atoms in total. The van der Waals surface area contributed by atoms with Crippen LogP contribution in [0.2, 0.25) is 0 Å². The topological polar surface area (TPSA) is 84.6 Å². The van der Waals surface area contributed by atoms with Crippen molar-refractivity contribution in [1.29, 1.82) is 0 Å². The van der Waals surface area contributed by atoms with Gasteiger partial charge in [-0.25, -0.2) is 0 Å². The molecule has 27 heavy (non-hydrogen) atoms. The third kappa shape index (κ3) is 6.84. The number of halogens is 2. The largest absolute Gasteiger partial charge is 0.434 e. The number of guanidine groups is 1. The van der Waals surface area contributed by atoms with Gasteiger partial charge in [-0.05, 0) is 12.5 Å². The summed E-state index contributed by atoms with van der Waals surface area (Å²) in [5.74, 6) is 2.27. The highest BCUT2D eigenvalue weighted by molar-refractivity contribution is 5.79. The van der Waals surface area contributed by atoms with Gasteiger partial charge in [-0.1, -0.05) is 37.2 Å². The van der Waals surface area contributed by atoms with Gasteiger partial charge in [-0.2, -0.15) is 13.8 Å². The van der Waals surface area contributed by atoms with Gasteiger partial charge in [0.15, 0.2) is 11.8 Å². The summed E-state index contributed by atoms with van der Waals surface area (Å²) in [6.45, 7) is 2.12. The molecule has 148 valence electrons. The zero-order valence-electron chi connectivity index (χ0n) is 15.7. The lowest BCUT2D eigenvalue weighted by Gasteiger charge is -2.14. The molecule has 0 unspecified atom stereocenters. The van der Waals surface area contributed by atoms with Gasteiger partial charge in [0.1, 0.15) is 5.75 Å². The quantitative estimate of drug-likeness (QED) is 0.394. The minimum absolute atomic E-state index is 0.146. The number of ether oxygens (including phenoxy) is 1. The lowest BCUT2D eigenvalue weighted by atomic mass is 10.2. The fraction of sp³-hybridized carbons (Fsp3) is 0.500. The number of para-hydroxylation sites is 1. The molecule has 9 heteroatoms. The van der Waals surface area contributed by atoms with E-state index in [0.717, 1.165) is 6.42 Å². The number of alkyl halides is 2. The van der Waals surface area contributed by atoms with Crippen LogP contribution in [-0.4, -0.2) is 36.3 Å². The maximum Gasteiger partial charge on any atom is 0.387 e. The molecule has 1 heterocycles. The van der Waals surface area contributed by atoms with Gasteiger partial charge in [-0.15, -0.1) is 0 Å². The molecule has 0 amide bonds. The predicted octanol–water partition coefficient (Wildman–Crippen LogP) is 3.09. The second-order valence-electron chi connectivity index (χ2n) is 6.14. The molecule has 0 radical (unpaired) electrons. The van der Waals surface area contributed by atoms with Crippen LogP contribution in [0.4, 0.5) is 8.78 Å². The Bertz CT molecular complexity index is 734. The second kappa shape index (κ2) is 10.4. The number of hydrogen-bond acceptors (Lipinski definition) is 5. The van der Waals surface area contributed by atoms with E-state index in [0.29, 0.717) is 42.7 Å². The average Bonchev–Trinajstić information content (AvgIpc) is 3.11. The van der Waals surface area contributed by atoms with Crippen molar-refractivity contribution in [3.8, 4) is 5.75 Å². The molecule has 2 N–H and O–H groups in total. The summed E-state index contributed by atoms with van der Waals surface area (Å²) < 4.78 is 34.6. The molecule has 0 aliphatic rings. The van der Waals surface area contributed by atoms with Gasteiger partial charge in [0, 0.05) is 38.0 Å². The molecule has 0 aliphatic carbocycles. The van der Waals surface area contributed by atoms with Crippen LogP contribution in [0.25, 0.3) is 0 Å². The van der Waals surface area contributed by atoms with Crippen molar-refractivity contribution in [1.82, 2.24) is 20.8 Å². The van der Waals surface area contributed by atoms with Crippen molar-refractivity contribution < 1.29 is 18.0 Å². The first-order valence-electron chi connectivity index (χ1n) is 8.79. The zero-order chi connectivity index (χ0) is 19.6. The molecular formula is C18H25F2N5O2. The number of benzene rings is 1. The Kier molecular flexibility index (Phi) is 7.97. The first kappa shape index (κ1) is 20.6. The Hall–Kier alpha value is -2.71. The molecule has 0 bridgehead atoms. The fourth-order valence-electron chi connectivity index (χ4n) is 2.31. The summed E-state index contributed by atoms with van der Waals surface area (Å²) >= 11 is 0. The molecule has 1 aromatic heterocycles. The van der Waals surface area contributed by atoms with Crippen molar-refractivity contribution in [3.05, 3.63) is 41.5 Å². The molecule has 0 saturated carbocycles. The van der Waals surface area contributed by atoms with Crippen LogP contribution < -0.4 is 15.4 Å². The van der Waals surface area contributed by atoms with Gasteiger partial charge in [-0.3, -0.25) is 4.99 Å². The SMILES string of the molecule is CN=C(NCCCc1nc(C(C)C)no1)NCc1ccccc1OC(F)F. The summed E-state index contributed by atoms with van der Waals surface area (Å²) in [5, 5.41) is 10.2. The first-order chi connectivity index (χ1) is 13.0. The normalized spacial score (nSPS) is 11.9. The molecule has 0 fully saturated rings. The van der Waals surface area contributed by atoms with Gasteiger partial charge in [0.25, 0.3) is 0 Å². The molecule has 0 aliphatic heterocycles. The van der Waals surface area contributed by atoms with Crippen LogP contribution in [0.3, 0.4) is 0 Å². The standard InChI is InChI=1S/C18H25F2N5O2/c1-12(2)16-24-15(27-25-16)9-6-10-22-18(21-3)23-11-13-7-4-5-8-14(13)26-17(19)20/h4-5,7-8,12,17H,6,9-11H2,1-3H3,(H2,21,22,23). The van der Waals surface area contributed by atoms with E-state index < -0.39 is 6.61 Å². The van der Waals surface area contributed by atoms with Crippen molar-refractivity contribution in [2.75, 3.05) is 13.6 Å². The molecule has 2 aromatic rings. The van der Waals surface area contributed by atoms with Crippen molar-refractivity contribution in [2.45, 2.75) is 45.8 Å². The highest BCUT2D eigenvalue weighted by Crippen LogP contribution is 2.19. The molecular weight excluding hydrogens is 356 g/mol. The number of hydrogen-bond donors (Lipinski definition) is 2. The van der Waals surface area contributed by atoms with Gasteiger partial charge in [0.2, 0.25) is 5.89 Å². The van der Waals surface area contributed by atoms with Crippen LogP contribution in [-0.2, 0) is 13.0 Å². The van der Waals surface area contributed by atoms with Crippen molar-refractivity contribution in [3.63, 3.8) is 0 Å². The van der Waals surface area contributed by atoms with E-state index in [1.807, 2.05) is 13.8 Å². The Morgan fingerprint density at radius 2 is 2.04 bits per heavy atom. The summed E-state index contributed by atoms with van der Waals surface area (Å²) in [4.78, 5) is 8.45. The van der Waals surface area contributed by atoms with E-state index in [9.17, 15) is 8.78 Å². The molecule has 0 saturated heterocycles. The van der Waals surface area contributed by atoms with Crippen LogP contribution in [0, 0.1) is 0 Å². The van der Waals surface area contributed by atoms with E-state index in [1.165, 1.54) is 6.07 Å². The first-order valence-corrected chi connectivity index (χ1v) is 8.79. The molecule has 0 spiro atoms. The minimum atomic E-state index is -2.86. The minimum Gasteiger partial charge on any atom is -0.434 e. The monoisotopic (exact) mass is 381 g/mol. The Morgan fingerprint density at radius 1 is 1.26 bits per heavy atom. The van der Waals surface area contributed by atoms with Crippen molar-refractivity contribution in [2.24, 2.45) is 4.99 Å².